The maximum atomic E-state index is 11.3. The van der Waals surface area contributed by atoms with Crippen LogP contribution in [0.3, 0.4) is 0 Å². The van der Waals surface area contributed by atoms with E-state index in [0.29, 0.717) is 11.5 Å². The summed E-state index contributed by atoms with van der Waals surface area (Å²) in [6.07, 6.45) is 1.27. The Morgan fingerprint density at radius 2 is 1.78 bits per heavy atom. The van der Waals surface area contributed by atoms with Gasteiger partial charge in [0.1, 0.15) is 6.23 Å². The molecule has 0 amide bonds. The van der Waals surface area contributed by atoms with Gasteiger partial charge in [0.2, 0.25) is 9.04 Å². The average molecular weight is 454 g/mol. The van der Waals surface area contributed by atoms with Crippen LogP contribution in [0, 0.1) is 11.3 Å². The van der Waals surface area contributed by atoms with E-state index in [4.69, 9.17) is 4.43 Å². The van der Waals surface area contributed by atoms with E-state index in [1.54, 1.807) is 12.1 Å². The van der Waals surface area contributed by atoms with E-state index in [2.05, 4.69) is 75.0 Å². The van der Waals surface area contributed by atoms with Crippen molar-refractivity contribution in [3.8, 4) is 0 Å². The van der Waals surface area contributed by atoms with Crippen LogP contribution in [0.1, 0.15) is 49.2 Å². The first-order valence-electron chi connectivity index (χ1n) is 11.4. The van der Waals surface area contributed by atoms with Crippen molar-refractivity contribution in [2.75, 3.05) is 25.0 Å². The van der Waals surface area contributed by atoms with Gasteiger partial charge < -0.3 is 14.4 Å². The fraction of sp³-hybridized carbons (Fsp3) is 0.500. The molecule has 173 valence electrons. The minimum Gasteiger partial charge on any atom is -0.478 e. The molecule has 1 radical (unpaired) electrons. The van der Waals surface area contributed by atoms with E-state index in [-0.39, 0.29) is 17.7 Å². The molecule has 2 aromatic carbocycles. The van der Waals surface area contributed by atoms with Gasteiger partial charge in [-0.05, 0) is 54.8 Å². The lowest BCUT2D eigenvalue weighted by atomic mass is 9.79. The molecule has 1 N–H and O–H groups in total. The molecule has 0 spiro atoms. The van der Waals surface area contributed by atoms with Gasteiger partial charge in [0, 0.05) is 31.7 Å². The van der Waals surface area contributed by atoms with Crippen LogP contribution in [0.15, 0.2) is 54.6 Å². The molecule has 3 unspecified atom stereocenters. The number of rotatable bonds is 8. The predicted octanol–water partition coefficient (Wildman–Crippen LogP) is 5.52. The molecular formula is C26H37N2O3Si. The highest BCUT2D eigenvalue weighted by Crippen LogP contribution is 2.40. The maximum Gasteiger partial charge on any atom is 0.335 e. The standard InChI is InChI=1S/C26H37N2O3Si/c1-26(2,3)22-16-17-28(24(22)31-32(5)6)18-23(19-10-8-7-9-11-19)27(4)21-14-12-20(13-15-21)25(29)30/h7-15,22-24H,16-18H2,1-6H3,(H,29,30). The second kappa shape index (κ2) is 10.2. The molecular weight excluding hydrogens is 416 g/mol. The Morgan fingerprint density at radius 3 is 2.31 bits per heavy atom. The van der Waals surface area contributed by atoms with Crippen LogP contribution in [0.25, 0.3) is 0 Å². The number of anilines is 1. The van der Waals surface area contributed by atoms with Crippen LogP contribution >= 0.6 is 0 Å². The summed E-state index contributed by atoms with van der Waals surface area (Å²) in [5, 5.41) is 9.25. The van der Waals surface area contributed by atoms with Gasteiger partial charge in [0.25, 0.3) is 0 Å². The fourth-order valence-corrected chi connectivity index (χ4v) is 5.45. The quantitative estimate of drug-likeness (QED) is 0.533. The zero-order chi connectivity index (χ0) is 23.5. The molecule has 0 saturated carbocycles. The molecule has 0 bridgehead atoms. The van der Waals surface area contributed by atoms with E-state index >= 15 is 0 Å². The lowest BCUT2D eigenvalue weighted by Gasteiger charge is -2.39. The van der Waals surface area contributed by atoms with Gasteiger partial charge in [0.15, 0.2) is 0 Å². The molecule has 1 fully saturated rings. The van der Waals surface area contributed by atoms with Crippen LogP contribution < -0.4 is 4.90 Å². The van der Waals surface area contributed by atoms with Crippen LogP contribution in [0.5, 0.6) is 0 Å². The van der Waals surface area contributed by atoms with Crippen molar-refractivity contribution in [3.05, 3.63) is 65.7 Å². The molecule has 5 nitrogen and oxygen atoms in total. The Balaban J connectivity index is 1.90. The molecule has 0 aliphatic carbocycles. The average Bonchev–Trinajstić information content (AvgIpc) is 3.14. The van der Waals surface area contributed by atoms with Crippen LogP contribution in [0.4, 0.5) is 5.69 Å². The van der Waals surface area contributed by atoms with Crippen LogP contribution in [0.2, 0.25) is 13.1 Å². The second-order valence-electron chi connectivity index (χ2n) is 10.1. The summed E-state index contributed by atoms with van der Waals surface area (Å²) in [5.74, 6) is -0.403. The highest BCUT2D eigenvalue weighted by molar-refractivity contribution is 6.48. The van der Waals surface area contributed by atoms with E-state index in [9.17, 15) is 9.90 Å². The minimum absolute atomic E-state index is 0.126. The minimum atomic E-state index is -0.902. The van der Waals surface area contributed by atoms with Crippen molar-refractivity contribution in [3.63, 3.8) is 0 Å². The van der Waals surface area contributed by atoms with Crippen LogP contribution in [-0.4, -0.2) is 51.4 Å². The summed E-state index contributed by atoms with van der Waals surface area (Å²) in [6.45, 7) is 13.3. The number of hydrogen-bond acceptors (Lipinski definition) is 4. The first-order valence-corrected chi connectivity index (χ1v) is 13.8. The molecule has 6 heteroatoms. The summed E-state index contributed by atoms with van der Waals surface area (Å²) in [7, 11) is 1.26. The van der Waals surface area contributed by atoms with Gasteiger partial charge in [-0.15, -0.1) is 0 Å². The number of carbonyl (C=O) groups is 1. The SMILES string of the molecule is CN(c1ccc(C(=O)O)cc1)C(CN1CCC(C(C)(C)C)C1O[Si](C)C)c1ccccc1. The predicted molar refractivity (Wildman–Crippen MR) is 132 cm³/mol. The number of likely N-dealkylation sites (N-methyl/N-ethyl adjacent to an activating group) is 1. The first-order chi connectivity index (χ1) is 15.1. The van der Waals surface area contributed by atoms with Gasteiger partial charge in [-0.25, -0.2) is 4.79 Å². The van der Waals surface area contributed by atoms with Crippen molar-refractivity contribution >= 4 is 20.7 Å². The third kappa shape index (κ3) is 5.80. The number of nitrogens with zero attached hydrogens (tertiary/aromatic N) is 2. The number of carboxylic acids is 1. The Kier molecular flexibility index (Phi) is 7.80. The molecule has 1 saturated heterocycles. The largest absolute Gasteiger partial charge is 0.478 e. The number of hydrogen-bond donors (Lipinski definition) is 1. The lowest BCUT2D eigenvalue weighted by Crippen LogP contribution is -2.45. The number of likely N-dealkylation sites (tertiary alicyclic amines) is 1. The molecule has 3 rings (SSSR count). The molecule has 2 aromatic rings. The van der Waals surface area contributed by atoms with Crippen molar-refractivity contribution in [1.29, 1.82) is 0 Å². The number of carboxylic acid groups (broad SMARTS) is 1. The Labute approximate surface area is 194 Å². The Hall–Kier alpha value is -2.15. The normalized spacial score (nSPS) is 20.5. The topological polar surface area (TPSA) is 53.0 Å². The number of aromatic carboxylic acids is 1. The monoisotopic (exact) mass is 453 g/mol. The highest BCUT2D eigenvalue weighted by atomic mass is 28.3. The molecule has 1 heterocycles. The summed E-state index contributed by atoms with van der Waals surface area (Å²) in [4.78, 5) is 16.0. The molecule has 1 aliphatic rings. The summed E-state index contributed by atoms with van der Waals surface area (Å²) in [6, 6.07) is 17.8. The van der Waals surface area contributed by atoms with E-state index in [1.165, 1.54) is 5.56 Å². The van der Waals surface area contributed by atoms with Gasteiger partial charge in [-0.1, -0.05) is 51.1 Å². The Morgan fingerprint density at radius 1 is 1.16 bits per heavy atom. The summed E-state index contributed by atoms with van der Waals surface area (Å²) in [5.41, 5.74) is 2.75. The van der Waals surface area contributed by atoms with Crippen molar-refractivity contribution in [2.45, 2.75) is 52.6 Å². The van der Waals surface area contributed by atoms with Crippen molar-refractivity contribution in [2.24, 2.45) is 11.3 Å². The van der Waals surface area contributed by atoms with Gasteiger partial charge in [0.05, 0.1) is 11.6 Å². The third-order valence-corrected chi connectivity index (χ3v) is 7.19. The number of benzene rings is 2. The smallest absolute Gasteiger partial charge is 0.335 e. The summed E-state index contributed by atoms with van der Waals surface area (Å²) < 4.78 is 6.57. The molecule has 3 atom stereocenters. The first kappa shape index (κ1) is 24.5. The van der Waals surface area contributed by atoms with E-state index in [0.717, 1.165) is 25.2 Å². The molecule has 32 heavy (non-hydrogen) atoms. The van der Waals surface area contributed by atoms with Crippen molar-refractivity contribution in [1.82, 2.24) is 4.90 Å². The second-order valence-corrected chi connectivity index (χ2v) is 12.1. The fourth-order valence-electron chi connectivity index (χ4n) is 4.65. The molecule has 1 aliphatic heterocycles. The van der Waals surface area contributed by atoms with Crippen LogP contribution in [-0.2, 0) is 4.43 Å². The van der Waals surface area contributed by atoms with E-state index in [1.807, 2.05) is 18.2 Å². The Bertz CT molecular complexity index is 880. The van der Waals surface area contributed by atoms with Gasteiger partial charge in [-0.2, -0.15) is 0 Å². The zero-order valence-electron chi connectivity index (χ0n) is 20.2. The van der Waals surface area contributed by atoms with Crippen molar-refractivity contribution < 1.29 is 14.3 Å². The highest BCUT2D eigenvalue weighted by Gasteiger charge is 2.42. The van der Waals surface area contributed by atoms with Gasteiger partial charge >= 0.3 is 5.97 Å². The lowest BCUT2D eigenvalue weighted by molar-refractivity contribution is -0.00814. The van der Waals surface area contributed by atoms with Gasteiger partial charge in [-0.3, -0.25) is 4.90 Å². The third-order valence-electron chi connectivity index (χ3n) is 6.48. The van der Waals surface area contributed by atoms with E-state index < -0.39 is 15.0 Å². The maximum absolute atomic E-state index is 11.3. The molecule has 0 aromatic heterocycles. The summed E-state index contributed by atoms with van der Waals surface area (Å²) >= 11 is 0. The zero-order valence-corrected chi connectivity index (χ0v) is 21.2.